The molecular weight excluding hydrogens is 276 g/mol. The number of rotatable bonds is 6. The Bertz CT molecular complexity index is 444. The highest BCUT2D eigenvalue weighted by molar-refractivity contribution is 7.11. The number of amides is 1. The molecular formula is C13H22N4O2S. The predicted molar refractivity (Wildman–Crippen MR) is 81.2 cm³/mol. The lowest BCUT2D eigenvalue weighted by molar-refractivity contribution is 0.0347. The topological polar surface area (TPSA) is 89.3 Å². The van der Waals surface area contributed by atoms with Crippen LogP contribution in [-0.4, -0.2) is 36.6 Å². The van der Waals surface area contributed by atoms with Crippen molar-refractivity contribution in [3.8, 4) is 0 Å². The molecule has 112 valence electrons. The van der Waals surface area contributed by atoms with E-state index in [9.17, 15) is 4.79 Å². The molecule has 1 heterocycles. The Morgan fingerprint density at radius 1 is 1.45 bits per heavy atom. The van der Waals surface area contributed by atoms with Crippen LogP contribution in [-0.2, 0) is 4.74 Å². The molecule has 0 atom stereocenters. The first-order chi connectivity index (χ1) is 9.72. The molecule has 0 saturated heterocycles. The summed E-state index contributed by atoms with van der Waals surface area (Å²) in [5, 5.41) is 6.45. The summed E-state index contributed by atoms with van der Waals surface area (Å²) < 4.78 is 9.84. The molecule has 1 aromatic rings. The minimum atomic E-state index is -0.216. The minimum Gasteiger partial charge on any atom is -0.382 e. The summed E-state index contributed by atoms with van der Waals surface area (Å²) in [5.74, 6) is 0.0528. The van der Waals surface area contributed by atoms with Gasteiger partial charge in [0.25, 0.3) is 5.91 Å². The van der Waals surface area contributed by atoms with Crippen molar-refractivity contribution in [3.05, 3.63) is 5.56 Å². The van der Waals surface area contributed by atoms with Crippen molar-refractivity contribution in [3.63, 3.8) is 0 Å². The number of nitrogens with zero attached hydrogens (tertiary/aromatic N) is 1. The maximum absolute atomic E-state index is 11.7. The zero-order chi connectivity index (χ0) is 14.4. The van der Waals surface area contributed by atoms with E-state index in [2.05, 4.69) is 15.0 Å². The number of hydrogen-bond donors (Lipinski definition) is 3. The number of nitrogen functional groups attached to an aromatic ring is 1. The summed E-state index contributed by atoms with van der Waals surface area (Å²) in [6, 6.07) is 0. The van der Waals surface area contributed by atoms with Crippen molar-refractivity contribution in [1.82, 2.24) is 9.69 Å². The van der Waals surface area contributed by atoms with Crippen molar-refractivity contribution < 1.29 is 9.53 Å². The summed E-state index contributed by atoms with van der Waals surface area (Å²) in [7, 11) is 1.58. The number of ether oxygens (including phenoxy) is 1. The first kappa shape index (κ1) is 15.1. The Kier molecular flexibility index (Phi) is 5.60. The highest BCUT2D eigenvalue weighted by Gasteiger charge is 2.18. The highest BCUT2D eigenvalue weighted by atomic mass is 32.1. The van der Waals surface area contributed by atoms with E-state index in [1.165, 1.54) is 30.8 Å². The molecule has 20 heavy (non-hydrogen) atoms. The molecule has 1 amide bonds. The molecule has 2 rings (SSSR count). The lowest BCUT2D eigenvalue weighted by Gasteiger charge is -2.22. The van der Waals surface area contributed by atoms with Crippen LogP contribution in [0.4, 0.5) is 10.8 Å². The fraction of sp³-hybridized carbons (Fsp3) is 0.692. The van der Waals surface area contributed by atoms with Gasteiger partial charge in [0.1, 0.15) is 10.6 Å². The molecule has 1 aliphatic rings. The summed E-state index contributed by atoms with van der Waals surface area (Å²) >= 11 is 1.20. The van der Waals surface area contributed by atoms with E-state index in [0.29, 0.717) is 29.8 Å². The molecule has 0 radical (unpaired) electrons. The zero-order valence-corrected chi connectivity index (χ0v) is 12.6. The molecule has 4 N–H and O–H groups in total. The normalized spacial score (nSPS) is 16.1. The Morgan fingerprint density at radius 3 is 2.90 bits per heavy atom. The van der Waals surface area contributed by atoms with Crippen LogP contribution in [0.15, 0.2) is 0 Å². The molecule has 1 aliphatic carbocycles. The van der Waals surface area contributed by atoms with Gasteiger partial charge in [-0.05, 0) is 24.4 Å². The summed E-state index contributed by atoms with van der Waals surface area (Å²) in [5.41, 5.74) is 6.13. The Labute approximate surface area is 123 Å². The van der Waals surface area contributed by atoms with E-state index >= 15 is 0 Å². The zero-order valence-electron chi connectivity index (χ0n) is 11.8. The van der Waals surface area contributed by atoms with Gasteiger partial charge in [0.2, 0.25) is 0 Å². The van der Waals surface area contributed by atoms with E-state index in [0.717, 1.165) is 12.8 Å². The molecule has 7 heteroatoms. The van der Waals surface area contributed by atoms with Crippen molar-refractivity contribution in [2.45, 2.75) is 38.2 Å². The highest BCUT2D eigenvalue weighted by Crippen LogP contribution is 2.26. The smallest absolute Gasteiger partial charge is 0.257 e. The third-order valence-corrected chi connectivity index (χ3v) is 4.28. The average molecular weight is 298 g/mol. The molecule has 0 aromatic carbocycles. The third-order valence-electron chi connectivity index (χ3n) is 3.47. The van der Waals surface area contributed by atoms with E-state index in [4.69, 9.17) is 10.5 Å². The molecule has 1 saturated carbocycles. The van der Waals surface area contributed by atoms with E-state index in [1.54, 1.807) is 7.05 Å². The summed E-state index contributed by atoms with van der Waals surface area (Å²) in [6.45, 7) is 1.29. The second-order valence-corrected chi connectivity index (χ2v) is 5.68. The van der Waals surface area contributed by atoms with Crippen molar-refractivity contribution in [2.75, 3.05) is 31.2 Å². The average Bonchev–Trinajstić information content (AvgIpc) is 2.85. The van der Waals surface area contributed by atoms with Crippen molar-refractivity contribution in [1.29, 1.82) is 0 Å². The van der Waals surface area contributed by atoms with Gasteiger partial charge in [0.15, 0.2) is 5.82 Å². The lowest BCUT2D eigenvalue weighted by Crippen LogP contribution is -2.22. The van der Waals surface area contributed by atoms with Crippen LogP contribution in [0.25, 0.3) is 0 Å². The van der Waals surface area contributed by atoms with Crippen molar-refractivity contribution >= 4 is 28.3 Å². The fourth-order valence-corrected chi connectivity index (χ4v) is 3.13. The number of anilines is 2. The quantitative estimate of drug-likeness (QED) is 0.697. The standard InChI is InChI=1S/C13H22N4O2S/c1-15-12(18)10-11(14)17-20-13(10)16-7-8-19-9-5-3-2-4-6-9/h9,16H,2-8H2,1H3,(H2,14,17)(H,15,18). The maximum Gasteiger partial charge on any atom is 0.257 e. The third kappa shape index (κ3) is 3.83. The number of carbonyl (C=O) groups is 1. The molecule has 0 spiro atoms. The number of carbonyl (C=O) groups excluding carboxylic acids is 1. The fourth-order valence-electron chi connectivity index (χ4n) is 2.39. The summed E-state index contributed by atoms with van der Waals surface area (Å²) in [6.07, 6.45) is 6.59. The maximum atomic E-state index is 11.7. The molecule has 1 aromatic heterocycles. The van der Waals surface area contributed by atoms with Gasteiger partial charge in [0, 0.05) is 13.6 Å². The summed E-state index contributed by atoms with van der Waals surface area (Å²) in [4.78, 5) is 11.7. The van der Waals surface area contributed by atoms with E-state index in [-0.39, 0.29) is 11.7 Å². The van der Waals surface area contributed by atoms with Crippen LogP contribution in [0.5, 0.6) is 0 Å². The minimum absolute atomic E-state index is 0.216. The predicted octanol–water partition coefficient (Wildman–Crippen LogP) is 1.85. The van der Waals surface area contributed by atoms with Gasteiger partial charge in [-0.2, -0.15) is 4.37 Å². The van der Waals surface area contributed by atoms with Crippen LogP contribution in [0.3, 0.4) is 0 Å². The van der Waals surface area contributed by atoms with Crippen LogP contribution >= 0.6 is 11.5 Å². The number of aromatic nitrogens is 1. The van der Waals surface area contributed by atoms with E-state index < -0.39 is 0 Å². The first-order valence-electron chi connectivity index (χ1n) is 7.05. The Balaban J connectivity index is 1.77. The molecule has 0 unspecified atom stereocenters. The van der Waals surface area contributed by atoms with Gasteiger partial charge in [-0.1, -0.05) is 19.3 Å². The van der Waals surface area contributed by atoms with Gasteiger partial charge < -0.3 is 21.1 Å². The second kappa shape index (κ2) is 7.44. The monoisotopic (exact) mass is 298 g/mol. The first-order valence-corrected chi connectivity index (χ1v) is 7.82. The van der Waals surface area contributed by atoms with Crippen LogP contribution in [0.1, 0.15) is 42.5 Å². The Morgan fingerprint density at radius 2 is 2.20 bits per heavy atom. The molecule has 6 nitrogen and oxygen atoms in total. The van der Waals surface area contributed by atoms with Gasteiger partial charge in [-0.15, -0.1) is 0 Å². The lowest BCUT2D eigenvalue weighted by atomic mass is 9.98. The number of hydrogen-bond acceptors (Lipinski definition) is 6. The largest absolute Gasteiger partial charge is 0.382 e. The van der Waals surface area contributed by atoms with Gasteiger partial charge in [0.05, 0.1) is 12.7 Å². The SMILES string of the molecule is CNC(=O)c1c(N)nsc1NCCOC1CCCCC1. The van der Waals surface area contributed by atoms with Gasteiger partial charge in [-0.3, -0.25) is 4.79 Å². The van der Waals surface area contributed by atoms with Crippen LogP contribution in [0.2, 0.25) is 0 Å². The molecule has 1 fully saturated rings. The van der Waals surface area contributed by atoms with Gasteiger partial charge >= 0.3 is 0 Å². The molecule has 0 bridgehead atoms. The second-order valence-electron chi connectivity index (χ2n) is 4.91. The van der Waals surface area contributed by atoms with Crippen LogP contribution in [0, 0.1) is 0 Å². The number of nitrogens with one attached hydrogen (secondary N) is 2. The van der Waals surface area contributed by atoms with Crippen molar-refractivity contribution in [2.24, 2.45) is 0 Å². The van der Waals surface area contributed by atoms with E-state index in [1.807, 2.05) is 0 Å². The van der Waals surface area contributed by atoms with Crippen LogP contribution < -0.4 is 16.4 Å². The molecule has 0 aliphatic heterocycles. The Hall–Kier alpha value is -1.34. The number of nitrogens with two attached hydrogens (primary N) is 1. The van der Waals surface area contributed by atoms with Gasteiger partial charge in [-0.25, -0.2) is 0 Å².